The second-order valence-corrected chi connectivity index (χ2v) is 5.23. The average Bonchev–Trinajstić information content (AvgIpc) is 2.27. The van der Waals surface area contributed by atoms with Crippen molar-refractivity contribution >= 4 is 11.8 Å². The topological polar surface area (TPSA) is 26.0 Å². The molecule has 1 aliphatic heterocycles. The van der Waals surface area contributed by atoms with E-state index in [4.69, 9.17) is 5.73 Å². The first-order chi connectivity index (χ1) is 6.66. The minimum Gasteiger partial charge on any atom is -0.324 e. The van der Waals surface area contributed by atoms with Gasteiger partial charge in [0, 0.05) is 17.0 Å². The van der Waals surface area contributed by atoms with Gasteiger partial charge in [0.2, 0.25) is 0 Å². The van der Waals surface area contributed by atoms with E-state index in [1.807, 2.05) is 17.8 Å². The van der Waals surface area contributed by atoms with Crippen LogP contribution in [-0.2, 0) is 5.75 Å². The molecule has 76 valence electrons. The lowest BCUT2D eigenvalue weighted by atomic mass is 9.98. The van der Waals surface area contributed by atoms with Crippen LogP contribution in [0.2, 0.25) is 0 Å². The summed E-state index contributed by atoms with van der Waals surface area (Å²) in [5.74, 6) is 0.767. The highest BCUT2D eigenvalue weighted by molar-refractivity contribution is 7.99. The predicted octanol–water partition coefficient (Wildman–Crippen LogP) is 2.85. The highest BCUT2D eigenvalue weighted by atomic mass is 32.2. The van der Waals surface area contributed by atoms with Crippen LogP contribution in [-0.4, -0.2) is 5.25 Å². The molecule has 2 rings (SSSR count). The van der Waals surface area contributed by atoms with Crippen LogP contribution in [0.4, 0.5) is 4.39 Å². The normalized spacial score (nSPS) is 26.8. The maximum atomic E-state index is 13.0. The molecule has 2 N–H and O–H groups in total. The van der Waals surface area contributed by atoms with Gasteiger partial charge in [0.05, 0.1) is 0 Å². The Morgan fingerprint density at radius 2 is 2.29 bits per heavy atom. The van der Waals surface area contributed by atoms with Gasteiger partial charge < -0.3 is 5.73 Å². The van der Waals surface area contributed by atoms with Gasteiger partial charge in [-0.15, -0.1) is 0 Å². The van der Waals surface area contributed by atoms with Gasteiger partial charge in [-0.25, -0.2) is 4.39 Å². The van der Waals surface area contributed by atoms with Gasteiger partial charge in [-0.1, -0.05) is 13.0 Å². The van der Waals surface area contributed by atoms with Gasteiger partial charge in [0.1, 0.15) is 5.82 Å². The van der Waals surface area contributed by atoms with Gasteiger partial charge in [0.15, 0.2) is 0 Å². The Balaban J connectivity index is 2.39. The summed E-state index contributed by atoms with van der Waals surface area (Å²) in [6.07, 6.45) is 0.932. The molecule has 1 aliphatic rings. The van der Waals surface area contributed by atoms with E-state index in [2.05, 4.69) is 6.92 Å². The van der Waals surface area contributed by atoms with E-state index in [0.29, 0.717) is 5.25 Å². The smallest absolute Gasteiger partial charge is 0.123 e. The molecule has 1 nitrogen and oxygen atoms in total. The van der Waals surface area contributed by atoms with Crippen molar-refractivity contribution in [2.75, 3.05) is 0 Å². The van der Waals surface area contributed by atoms with Crippen molar-refractivity contribution in [1.29, 1.82) is 0 Å². The maximum Gasteiger partial charge on any atom is 0.123 e. The second-order valence-electron chi connectivity index (χ2n) is 3.81. The molecule has 0 amide bonds. The van der Waals surface area contributed by atoms with E-state index in [9.17, 15) is 4.39 Å². The summed E-state index contributed by atoms with van der Waals surface area (Å²) in [6.45, 7) is 2.17. The van der Waals surface area contributed by atoms with Crippen LogP contribution in [0.25, 0.3) is 0 Å². The Kier molecular flexibility index (Phi) is 2.79. The van der Waals surface area contributed by atoms with E-state index in [0.717, 1.165) is 17.7 Å². The minimum absolute atomic E-state index is 0.00861. The number of fused-ring (bicyclic) bond motifs is 1. The summed E-state index contributed by atoms with van der Waals surface area (Å²) in [5, 5.41) is 0.556. The molecule has 1 heterocycles. The van der Waals surface area contributed by atoms with Crippen molar-refractivity contribution in [2.45, 2.75) is 30.4 Å². The minimum atomic E-state index is -0.182. The molecule has 0 aromatic heterocycles. The molecular formula is C11H14FNS. The molecule has 0 saturated carbocycles. The third-order valence-corrected chi connectivity index (χ3v) is 3.86. The summed E-state index contributed by atoms with van der Waals surface area (Å²) < 4.78 is 13.0. The van der Waals surface area contributed by atoms with Crippen LogP contribution in [0.1, 0.15) is 30.5 Å². The molecule has 0 spiro atoms. The third kappa shape index (κ3) is 1.93. The van der Waals surface area contributed by atoms with Gasteiger partial charge >= 0.3 is 0 Å². The van der Waals surface area contributed by atoms with Crippen LogP contribution >= 0.6 is 11.8 Å². The van der Waals surface area contributed by atoms with Crippen LogP contribution in [0.5, 0.6) is 0 Å². The number of benzene rings is 1. The number of hydrogen-bond donors (Lipinski definition) is 1. The van der Waals surface area contributed by atoms with Crippen molar-refractivity contribution in [3.63, 3.8) is 0 Å². The first kappa shape index (κ1) is 9.99. The highest BCUT2D eigenvalue weighted by Gasteiger charge is 2.19. The number of rotatable bonds is 0. The lowest BCUT2D eigenvalue weighted by Crippen LogP contribution is -2.14. The third-order valence-electron chi connectivity index (χ3n) is 2.62. The largest absolute Gasteiger partial charge is 0.324 e. The fourth-order valence-corrected chi connectivity index (χ4v) is 2.90. The molecule has 14 heavy (non-hydrogen) atoms. The molecule has 2 atom stereocenters. The lowest BCUT2D eigenvalue weighted by Gasteiger charge is -2.13. The maximum absolute atomic E-state index is 13.0. The molecule has 0 saturated heterocycles. The number of halogens is 1. The molecule has 1 aromatic carbocycles. The van der Waals surface area contributed by atoms with Crippen LogP contribution < -0.4 is 5.73 Å². The van der Waals surface area contributed by atoms with Crippen molar-refractivity contribution in [3.8, 4) is 0 Å². The van der Waals surface area contributed by atoms with E-state index in [1.54, 1.807) is 6.07 Å². The number of nitrogens with two attached hydrogens (primary N) is 1. The first-order valence-corrected chi connectivity index (χ1v) is 5.87. The van der Waals surface area contributed by atoms with Gasteiger partial charge in [-0.3, -0.25) is 0 Å². The summed E-state index contributed by atoms with van der Waals surface area (Å²) in [6, 6.07) is 4.95. The SMILES string of the molecule is CC1CC(N)c2cc(F)ccc2CS1. The van der Waals surface area contributed by atoms with E-state index in [1.165, 1.54) is 11.6 Å². The first-order valence-electron chi connectivity index (χ1n) is 4.82. The standard InChI is InChI=1S/C11H14FNS/c1-7-4-11(13)10-5-9(12)3-2-8(10)6-14-7/h2-3,5,7,11H,4,6,13H2,1H3. The Labute approximate surface area is 87.9 Å². The molecule has 0 aliphatic carbocycles. The van der Waals surface area contributed by atoms with Crippen LogP contribution in [0, 0.1) is 5.82 Å². The predicted molar refractivity (Wildman–Crippen MR) is 58.7 cm³/mol. The Hall–Kier alpha value is -0.540. The summed E-state index contributed by atoms with van der Waals surface area (Å²) in [5.41, 5.74) is 8.20. The van der Waals surface area contributed by atoms with E-state index in [-0.39, 0.29) is 11.9 Å². The Morgan fingerprint density at radius 3 is 3.07 bits per heavy atom. The second kappa shape index (κ2) is 3.91. The van der Waals surface area contributed by atoms with Gasteiger partial charge in [-0.05, 0) is 29.7 Å². The zero-order valence-electron chi connectivity index (χ0n) is 8.16. The Morgan fingerprint density at radius 1 is 1.50 bits per heavy atom. The summed E-state index contributed by atoms with van der Waals surface area (Å²) in [7, 11) is 0. The molecule has 1 aromatic rings. The average molecular weight is 211 g/mol. The molecule has 3 heteroatoms. The fourth-order valence-electron chi connectivity index (χ4n) is 1.83. The quantitative estimate of drug-likeness (QED) is 0.714. The highest BCUT2D eigenvalue weighted by Crippen LogP contribution is 2.33. The number of thioether (sulfide) groups is 1. The lowest BCUT2D eigenvalue weighted by molar-refractivity contribution is 0.608. The Bertz CT molecular complexity index is 340. The summed E-state index contributed by atoms with van der Waals surface area (Å²) >= 11 is 1.89. The fraction of sp³-hybridized carbons (Fsp3) is 0.455. The molecular weight excluding hydrogens is 197 g/mol. The van der Waals surface area contributed by atoms with Crippen LogP contribution in [0.3, 0.4) is 0 Å². The van der Waals surface area contributed by atoms with Crippen LogP contribution in [0.15, 0.2) is 18.2 Å². The van der Waals surface area contributed by atoms with Crippen molar-refractivity contribution < 1.29 is 4.39 Å². The van der Waals surface area contributed by atoms with Crippen molar-refractivity contribution in [2.24, 2.45) is 5.73 Å². The monoisotopic (exact) mass is 211 g/mol. The van der Waals surface area contributed by atoms with Crippen molar-refractivity contribution in [1.82, 2.24) is 0 Å². The molecule has 2 unspecified atom stereocenters. The summed E-state index contributed by atoms with van der Waals surface area (Å²) in [4.78, 5) is 0. The molecule has 0 bridgehead atoms. The molecule has 0 fully saturated rings. The number of hydrogen-bond acceptors (Lipinski definition) is 2. The van der Waals surface area contributed by atoms with E-state index >= 15 is 0 Å². The van der Waals surface area contributed by atoms with Gasteiger partial charge in [-0.2, -0.15) is 11.8 Å². The zero-order chi connectivity index (χ0) is 10.1. The van der Waals surface area contributed by atoms with Gasteiger partial charge in [0.25, 0.3) is 0 Å². The zero-order valence-corrected chi connectivity index (χ0v) is 8.98. The van der Waals surface area contributed by atoms with Crippen molar-refractivity contribution in [3.05, 3.63) is 35.1 Å². The van der Waals surface area contributed by atoms with E-state index < -0.39 is 0 Å². The molecule has 0 radical (unpaired) electrons.